The van der Waals surface area contributed by atoms with Crippen molar-refractivity contribution >= 4 is 62.8 Å². The van der Waals surface area contributed by atoms with Crippen LogP contribution < -0.4 is 11.1 Å². The number of halogens is 1. The van der Waals surface area contributed by atoms with E-state index in [9.17, 15) is 9.59 Å². The number of nitrogens with two attached hydrogens (primary N) is 1. The molecule has 0 radical (unpaired) electrons. The third-order valence-electron chi connectivity index (χ3n) is 5.38. The van der Waals surface area contributed by atoms with Gasteiger partial charge in [0.1, 0.15) is 0 Å². The summed E-state index contributed by atoms with van der Waals surface area (Å²) >= 11 is 1.07. The largest absolute Gasteiger partial charge is 0.399 e. The smallest absolute Gasteiger partial charge is 0.286 e. The van der Waals surface area contributed by atoms with Gasteiger partial charge in [0, 0.05) is 34.0 Å². The number of rotatable bonds is 4. The number of imide groups is 1. The molecule has 0 saturated carbocycles. The SMILES string of the molecule is Cl.Nc1ccc(Cn2c3ccccc3c3c(CC4SC(=O)NC4=O)cccc32)cc1. The summed E-state index contributed by atoms with van der Waals surface area (Å²) in [4.78, 5) is 23.7. The van der Waals surface area contributed by atoms with Crippen molar-refractivity contribution in [2.75, 3.05) is 5.73 Å². The first-order valence-corrected chi connectivity index (χ1v) is 10.3. The summed E-state index contributed by atoms with van der Waals surface area (Å²) in [6.45, 7) is 0.727. The van der Waals surface area contributed by atoms with Crippen LogP contribution in [0.5, 0.6) is 0 Å². The fourth-order valence-corrected chi connectivity index (χ4v) is 4.89. The lowest BCUT2D eigenvalue weighted by molar-refractivity contribution is -0.118. The predicted octanol–water partition coefficient (Wildman–Crippen LogP) is 4.74. The summed E-state index contributed by atoms with van der Waals surface area (Å²) in [5, 5.41) is 4.04. The minimum Gasteiger partial charge on any atom is -0.399 e. The van der Waals surface area contributed by atoms with E-state index in [1.807, 2.05) is 42.5 Å². The lowest BCUT2D eigenvalue weighted by Crippen LogP contribution is -2.25. The maximum absolute atomic E-state index is 12.1. The molecule has 1 aliphatic heterocycles. The first kappa shape index (κ1) is 20.3. The van der Waals surface area contributed by atoms with E-state index in [1.54, 1.807) is 0 Å². The van der Waals surface area contributed by atoms with E-state index in [2.05, 4.69) is 34.1 Å². The molecule has 2 heterocycles. The summed E-state index contributed by atoms with van der Waals surface area (Å²) in [6, 6.07) is 22.4. The van der Waals surface area contributed by atoms with Crippen molar-refractivity contribution in [3.05, 3.63) is 77.9 Å². The van der Waals surface area contributed by atoms with Gasteiger partial charge in [-0.3, -0.25) is 14.9 Å². The Labute approximate surface area is 184 Å². The standard InChI is InChI=1S/C23H19N3O2S.ClH/c24-16-10-8-14(9-11-16)13-26-18-6-2-1-5-17(18)21-15(4-3-7-19(21)26)12-20-22(27)25-23(28)29-20;/h1-11,20H,12-13,24H2,(H,25,27,28);1H. The van der Waals surface area contributed by atoms with Crippen LogP contribution in [-0.2, 0) is 17.8 Å². The molecule has 0 spiro atoms. The number of amides is 2. The Bertz CT molecular complexity index is 1270. The fourth-order valence-electron chi connectivity index (χ4n) is 4.05. The van der Waals surface area contributed by atoms with Gasteiger partial charge in [-0.1, -0.05) is 54.2 Å². The number of nitrogens with one attached hydrogen (secondary N) is 1. The lowest BCUT2D eigenvalue weighted by atomic mass is 10.0. The highest BCUT2D eigenvalue weighted by Gasteiger charge is 2.32. The predicted molar refractivity (Wildman–Crippen MR) is 125 cm³/mol. The quantitative estimate of drug-likeness (QED) is 0.452. The van der Waals surface area contributed by atoms with Crippen molar-refractivity contribution in [1.82, 2.24) is 9.88 Å². The summed E-state index contributed by atoms with van der Waals surface area (Å²) in [5.41, 5.74) is 11.1. The Morgan fingerprint density at radius 3 is 2.40 bits per heavy atom. The zero-order valence-electron chi connectivity index (χ0n) is 16.0. The van der Waals surface area contributed by atoms with Crippen LogP contribution in [0.3, 0.4) is 0 Å². The first-order valence-electron chi connectivity index (χ1n) is 9.45. The molecular formula is C23H20ClN3O2S. The molecule has 1 fully saturated rings. The molecule has 1 aliphatic rings. The molecule has 1 saturated heterocycles. The number of carbonyl (C=O) groups is 2. The summed E-state index contributed by atoms with van der Waals surface area (Å²) < 4.78 is 2.30. The van der Waals surface area contributed by atoms with E-state index in [4.69, 9.17) is 5.73 Å². The minimum atomic E-state index is -0.382. The van der Waals surface area contributed by atoms with Gasteiger partial charge in [-0.05, 0) is 41.8 Å². The second-order valence-electron chi connectivity index (χ2n) is 7.24. The second kappa shape index (κ2) is 8.05. The summed E-state index contributed by atoms with van der Waals surface area (Å²) in [6.07, 6.45) is 0.523. The van der Waals surface area contributed by atoms with Gasteiger partial charge in [0.2, 0.25) is 5.91 Å². The molecule has 1 unspecified atom stereocenters. The minimum absolute atomic E-state index is 0. The number of thioether (sulfide) groups is 1. The Morgan fingerprint density at radius 1 is 0.933 bits per heavy atom. The maximum Gasteiger partial charge on any atom is 0.286 e. The molecule has 0 bridgehead atoms. The zero-order chi connectivity index (χ0) is 20.0. The molecule has 2 amide bonds. The van der Waals surface area contributed by atoms with E-state index < -0.39 is 0 Å². The molecular weight excluding hydrogens is 418 g/mol. The van der Waals surface area contributed by atoms with Crippen molar-refractivity contribution in [1.29, 1.82) is 0 Å². The fraction of sp³-hybridized carbons (Fsp3) is 0.130. The Morgan fingerprint density at radius 2 is 1.67 bits per heavy atom. The highest BCUT2D eigenvalue weighted by molar-refractivity contribution is 8.15. The topological polar surface area (TPSA) is 77.1 Å². The molecule has 4 aromatic rings. The van der Waals surface area contributed by atoms with Crippen LogP contribution >= 0.6 is 24.2 Å². The summed E-state index contributed by atoms with van der Waals surface area (Å²) in [5.74, 6) is -0.206. The third-order valence-corrected chi connectivity index (χ3v) is 6.36. The molecule has 1 atom stereocenters. The molecule has 152 valence electrons. The van der Waals surface area contributed by atoms with Crippen molar-refractivity contribution in [2.45, 2.75) is 18.2 Å². The Hall–Kier alpha value is -2.96. The number of hydrogen-bond acceptors (Lipinski definition) is 4. The third kappa shape index (κ3) is 3.53. The maximum atomic E-state index is 12.1. The van der Waals surface area contributed by atoms with E-state index in [1.165, 1.54) is 5.56 Å². The Kier molecular flexibility index (Phi) is 5.45. The number of benzene rings is 3. The van der Waals surface area contributed by atoms with Crippen molar-refractivity contribution in [3.8, 4) is 0 Å². The van der Waals surface area contributed by atoms with Gasteiger partial charge in [0.25, 0.3) is 5.24 Å². The number of nitrogen functional groups attached to an aromatic ring is 1. The molecule has 3 N–H and O–H groups in total. The van der Waals surface area contributed by atoms with Gasteiger partial charge in [0.05, 0.1) is 5.25 Å². The number of para-hydroxylation sites is 1. The number of aromatic nitrogens is 1. The monoisotopic (exact) mass is 437 g/mol. The average Bonchev–Trinajstić information content (AvgIpc) is 3.21. The van der Waals surface area contributed by atoms with Crippen LogP contribution in [-0.4, -0.2) is 21.0 Å². The van der Waals surface area contributed by atoms with Crippen LogP contribution in [0.2, 0.25) is 0 Å². The molecule has 30 heavy (non-hydrogen) atoms. The zero-order valence-corrected chi connectivity index (χ0v) is 17.6. The van der Waals surface area contributed by atoms with E-state index in [0.29, 0.717) is 6.42 Å². The van der Waals surface area contributed by atoms with Gasteiger partial charge in [-0.15, -0.1) is 12.4 Å². The molecule has 5 rings (SSSR count). The number of hydrogen-bond donors (Lipinski definition) is 2. The molecule has 0 aliphatic carbocycles. The highest BCUT2D eigenvalue weighted by Crippen LogP contribution is 2.34. The van der Waals surface area contributed by atoms with Gasteiger partial charge >= 0.3 is 0 Å². The van der Waals surface area contributed by atoms with Crippen molar-refractivity contribution in [3.63, 3.8) is 0 Å². The van der Waals surface area contributed by atoms with E-state index >= 15 is 0 Å². The molecule has 5 nitrogen and oxygen atoms in total. The number of nitrogens with zero attached hydrogens (tertiary/aromatic N) is 1. The number of carbonyl (C=O) groups excluding carboxylic acids is 2. The van der Waals surface area contributed by atoms with Gasteiger partial charge in [-0.25, -0.2) is 0 Å². The van der Waals surface area contributed by atoms with Crippen LogP contribution in [0.4, 0.5) is 10.5 Å². The van der Waals surface area contributed by atoms with Crippen LogP contribution in [0.15, 0.2) is 66.7 Å². The molecule has 7 heteroatoms. The summed E-state index contributed by atoms with van der Waals surface area (Å²) in [7, 11) is 0. The van der Waals surface area contributed by atoms with Crippen LogP contribution in [0.25, 0.3) is 21.8 Å². The van der Waals surface area contributed by atoms with Crippen LogP contribution in [0, 0.1) is 0 Å². The van der Waals surface area contributed by atoms with E-state index in [0.717, 1.165) is 51.4 Å². The number of fused-ring (bicyclic) bond motifs is 3. The van der Waals surface area contributed by atoms with Gasteiger partial charge in [-0.2, -0.15) is 0 Å². The first-order chi connectivity index (χ1) is 14.1. The Balaban J connectivity index is 0.00000218. The van der Waals surface area contributed by atoms with Crippen molar-refractivity contribution < 1.29 is 9.59 Å². The highest BCUT2D eigenvalue weighted by atomic mass is 35.5. The lowest BCUT2D eigenvalue weighted by Gasteiger charge is -2.10. The second-order valence-corrected chi connectivity index (χ2v) is 8.42. The normalized spacial score (nSPS) is 16.1. The van der Waals surface area contributed by atoms with Gasteiger partial charge < -0.3 is 10.3 Å². The van der Waals surface area contributed by atoms with Crippen LogP contribution in [0.1, 0.15) is 11.1 Å². The number of anilines is 1. The molecule has 1 aromatic heterocycles. The van der Waals surface area contributed by atoms with E-state index in [-0.39, 0.29) is 28.8 Å². The molecule has 3 aromatic carbocycles. The average molecular weight is 438 g/mol. The van der Waals surface area contributed by atoms with Gasteiger partial charge in [0.15, 0.2) is 0 Å². The van der Waals surface area contributed by atoms with Crippen molar-refractivity contribution in [2.24, 2.45) is 0 Å².